The van der Waals surface area contributed by atoms with Crippen LogP contribution < -0.4 is 12.4 Å². The maximum Gasteiger partial charge on any atom is 2.00 e. The van der Waals surface area contributed by atoms with E-state index in [1.54, 1.807) is 6.08 Å². The number of hydrogen-bond acceptors (Lipinski definition) is 0. The van der Waals surface area contributed by atoms with E-state index in [9.17, 15) is 0 Å². The van der Waals surface area contributed by atoms with Gasteiger partial charge in [-0.2, -0.15) is 0 Å². The zero-order valence-corrected chi connectivity index (χ0v) is 8.50. The van der Waals surface area contributed by atoms with Crippen molar-refractivity contribution in [2.75, 3.05) is 0 Å². The van der Waals surface area contributed by atoms with Crippen LogP contribution in [0.25, 0.3) is 6.08 Å². The summed E-state index contributed by atoms with van der Waals surface area (Å²) in [5, 5.41) is 0. The zero-order valence-electron chi connectivity index (χ0n) is 6.33. The average Bonchev–Trinajstić information content (AvgIpc) is 1.91. The summed E-state index contributed by atoms with van der Waals surface area (Å²) >= 11 is 0. The van der Waals surface area contributed by atoms with E-state index in [2.05, 4.69) is 6.92 Å². The van der Waals surface area contributed by atoms with E-state index < -0.39 is 0 Å². The van der Waals surface area contributed by atoms with Crippen LogP contribution in [0, 0.1) is 6.92 Å². The van der Waals surface area contributed by atoms with Gasteiger partial charge < -0.3 is 12.4 Å². The second-order valence-electron chi connectivity index (χ2n) is 1.81. The molecule has 0 aliphatic rings. The van der Waals surface area contributed by atoms with Crippen molar-refractivity contribution in [3.63, 3.8) is 0 Å². The van der Waals surface area contributed by atoms with Crippen LogP contribution in [0.5, 0.6) is 0 Å². The van der Waals surface area contributed by atoms with Crippen LogP contribution in [0.15, 0.2) is 36.4 Å². The van der Waals surface area contributed by atoms with Gasteiger partial charge in [0, 0.05) is 0 Å². The fourth-order valence-corrected chi connectivity index (χ4v) is 0.700. The van der Waals surface area contributed by atoms with Crippen LogP contribution in [0.3, 0.4) is 0 Å². The van der Waals surface area contributed by atoms with E-state index in [0.29, 0.717) is 0 Å². The van der Waals surface area contributed by atoms with Crippen LogP contribution in [-0.4, -0.2) is 23.1 Å². The molecule has 0 nitrogen and oxygen atoms in total. The van der Waals surface area contributed by atoms with Gasteiger partial charge >= 0.3 is 23.1 Å². The van der Waals surface area contributed by atoms with Gasteiger partial charge in [-0.25, -0.2) is 19.1 Å². The van der Waals surface area contributed by atoms with Crippen molar-refractivity contribution in [2.24, 2.45) is 0 Å². The molecule has 0 saturated carbocycles. The summed E-state index contributed by atoms with van der Waals surface area (Å²) in [5.41, 5.74) is 1.20. The van der Waals surface area contributed by atoms with E-state index in [4.69, 9.17) is 0 Å². The Bertz CT molecular complexity index is 194. The minimum absolute atomic E-state index is 0. The van der Waals surface area contributed by atoms with Crippen molar-refractivity contribution < 1.29 is 12.4 Å². The normalized spacial score (nSPS) is 8.36. The summed E-state index contributed by atoms with van der Waals surface area (Å²) in [6, 6.07) is 10.1. The van der Waals surface area contributed by atoms with Crippen LogP contribution in [0.1, 0.15) is 5.56 Å². The molecule has 0 aliphatic carbocycles. The van der Waals surface area contributed by atoms with E-state index in [0.717, 1.165) is 0 Å². The number of allylic oxidation sites excluding steroid dienone is 1. The van der Waals surface area contributed by atoms with E-state index in [1.807, 2.05) is 36.4 Å². The third-order valence-corrected chi connectivity index (χ3v) is 1.11. The summed E-state index contributed by atoms with van der Waals surface area (Å²) in [5.74, 6) is 0. The van der Waals surface area contributed by atoms with Crippen molar-refractivity contribution >= 4 is 29.1 Å². The van der Waals surface area contributed by atoms with Crippen molar-refractivity contribution in [3.05, 3.63) is 48.9 Å². The Hall–Kier alpha value is -0.114. The van der Waals surface area contributed by atoms with Crippen LogP contribution in [0.2, 0.25) is 0 Å². The fraction of sp³-hybridized carbons (Fsp3) is 0. The molecule has 0 amide bonds. The van der Waals surface area contributed by atoms with Gasteiger partial charge in [-0.15, -0.1) is 5.56 Å². The van der Waals surface area contributed by atoms with Gasteiger partial charge in [0.15, 0.2) is 0 Å². The van der Waals surface area contributed by atoms with E-state index >= 15 is 0 Å². The maximum absolute atomic E-state index is 3.60. The molecule has 54 valence electrons. The minimum Gasteiger partial charge on any atom is -1.00 e. The van der Waals surface area contributed by atoms with Gasteiger partial charge in [-0.1, -0.05) is 30.3 Å². The molecule has 1 rings (SSSR count). The van der Waals surface area contributed by atoms with Crippen molar-refractivity contribution in [2.45, 2.75) is 0 Å². The second kappa shape index (κ2) is 7.99. The van der Waals surface area contributed by atoms with Crippen LogP contribution >= 0.6 is 0 Å². The van der Waals surface area contributed by atoms with Crippen LogP contribution in [0.4, 0.5) is 0 Å². The SMILES string of the molecule is [CH2-]/C=C/c1ccccc1.[Cl-].[Mg+2]. The minimum atomic E-state index is 0. The monoisotopic (exact) mass is 176 g/mol. The first-order chi connectivity index (χ1) is 4.43. The summed E-state index contributed by atoms with van der Waals surface area (Å²) in [7, 11) is 0. The zero-order chi connectivity index (χ0) is 6.53. The molecule has 1 aromatic carbocycles. The Balaban J connectivity index is 0. The van der Waals surface area contributed by atoms with Gasteiger partial charge in [-0.05, 0) is 0 Å². The smallest absolute Gasteiger partial charge is 1.00 e. The van der Waals surface area contributed by atoms with Crippen molar-refractivity contribution in [1.82, 2.24) is 0 Å². The van der Waals surface area contributed by atoms with E-state index in [-0.39, 0.29) is 35.5 Å². The van der Waals surface area contributed by atoms with Crippen molar-refractivity contribution in [3.8, 4) is 0 Å². The quantitative estimate of drug-likeness (QED) is 0.387. The van der Waals surface area contributed by atoms with Crippen LogP contribution in [-0.2, 0) is 0 Å². The topological polar surface area (TPSA) is 0 Å². The molecule has 0 bridgehead atoms. The summed E-state index contributed by atoms with van der Waals surface area (Å²) in [6.07, 6.45) is 3.76. The molecule has 0 spiro atoms. The molecular formula is C9H9ClMg. The number of halogens is 1. The van der Waals surface area contributed by atoms with Gasteiger partial charge in [0.25, 0.3) is 0 Å². The molecular weight excluding hydrogens is 168 g/mol. The van der Waals surface area contributed by atoms with Gasteiger partial charge in [0.1, 0.15) is 0 Å². The van der Waals surface area contributed by atoms with E-state index in [1.165, 1.54) is 5.56 Å². The Kier molecular flexibility index (Phi) is 9.78. The third kappa shape index (κ3) is 5.19. The molecule has 0 radical (unpaired) electrons. The predicted octanol–water partition coefficient (Wildman–Crippen LogP) is -0.843. The standard InChI is InChI=1S/C9H9.ClH.Mg/c1-2-6-9-7-4-3-5-8-9;;/h2-8H,1H2;1H;/q-1;;+2/p-1/b6-2+;;. The predicted molar refractivity (Wildman–Crippen MR) is 46.6 cm³/mol. The van der Waals surface area contributed by atoms with Crippen molar-refractivity contribution in [1.29, 1.82) is 0 Å². The Morgan fingerprint density at radius 2 is 1.64 bits per heavy atom. The molecule has 1 aromatic rings. The molecule has 0 saturated heterocycles. The summed E-state index contributed by atoms with van der Waals surface area (Å²) in [4.78, 5) is 0. The maximum atomic E-state index is 3.60. The molecule has 11 heavy (non-hydrogen) atoms. The Morgan fingerprint density at radius 3 is 2.09 bits per heavy atom. The summed E-state index contributed by atoms with van der Waals surface area (Å²) < 4.78 is 0. The second-order valence-corrected chi connectivity index (χ2v) is 1.81. The number of hydrogen-bond donors (Lipinski definition) is 0. The average molecular weight is 177 g/mol. The first-order valence-electron chi connectivity index (χ1n) is 2.94. The number of rotatable bonds is 1. The summed E-state index contributed by atoms with van der Waals surface area (Å²) in [6.45, 7) is 3.60. The molecule has 0 N–H and O–H groups in total. The third-order valence-electron chi connectivity index (χ3n) is 1.11. The molecule has 0 fully saturated rings. The molecule has 0 atom stereocenters. The fourth-order valence-electron chi connectivity index (χ4n) is 0.700. The van der Waals surface area contributed by atoms with Gasteiger partial charge in [-0.3, -0.25) is 0 Å². The van der Waals surface area contributed by atoms with Gasteiger partial charge in [0.2, 0.25) is 0 Å². The number of benzene rings is 1. The molecule has 2 heteroatoms. The Morgan fingerprint density at radius 1 is 1.09 bits per heavy atom. The first-order valence-corrected chi connectivity index (χ1v) is 2.94. The first kappa shape index (κ1) is 13.5. The molecule has 0 aromatic heterocycles. The molecule has 0 unspecified atom stereocenters. The Labute approximate surface area is 90.3 Å². The molecule has 0 aliphatic heterocycles. The van der Waals surface area contributed by atoms with Gasteiger partial charge in [0.05, 0.1) is 0 Å². The molecule has 0 heterocycles. The largest absolute Gasteiger partial charge is 2.00 e.